The molecule has 0 saturated heterocycles. The Balaban J connectivity index is 1.36. The van der Waals surface area contributed by atoms with Crippen LogP contribution in [0.2, 0.25) is 0 Å². The Labute approximate surface area is 166 Å². The number of amides is 2. The highest BCUT2D eigenvalue weighted by molar-refractivity contribution is 6.10. The van der Waals surface area contributed by atoms with Gasteiger partial charge in [-0.2, -0.15) is 0 Å². The van der Waals surface area contributed by atoms with E-state index in [4.69, 9.17) is 9.47 Å². The largest absolute Gasteiger partial charge is 0.454 e. The molecular formula is C22H17N3O4. The molecule has 0 spiro atoms. The summed E-state index contributed by atoms with van der Waals surface area (Å²) in [6.07, 6.45) is 3.75. The first-order chi connectivity index (χ1) is 14.2. The van der Waals surface area contributed by atoms with Crippen molar-refractivity contribution in [2.45, 2.75) is 6.42 Å². The summed E-state index contributed by atoms with van der Waals surface area (Å²) >= 11 is 0. The summed E-state index contributed by atoms with van der Waals surface area (Å²) in [5.41, 5.74) is 3.31. The van der Waals surface area contributed by atoms with Crippen LogP contribution >= 0.6 is 0 Å². The quantitative estimate of drug-likeness (QED) is 0.746. The summed E-state index contributed by atoms with van der Waals surface area (Å²) in [4.78, 5) is 31.5. The minimum Gasteiger partial charge on any atom is -0.454 e. The Morgan fingerprint density at radius 2 is 1.79 bits per heavy atom. The highest BCUT2D eigenvalue weighted by Crippen LogP contribution is 2.34. The van der Waals surface area contributed by atoms with Gasteiger partial charge in [-0.25, -0.2) is 0 Å². The topological polar surface area (TPSA) is 80.8 Å². The van der Waals surface area contributed by atoms with Gasteiger partial charge in [0.05, 0.1) is 11.1 Å². The zero-order valence-electron chi connectivity index (χ0n) is 15.4. The predicted molar refractivity (Wildman–Crippen MR) is 107 cm³/mol. The molecule has 3 aromatic rings. The third kappa shape index (κ3) is 3.16. The molecule has 0 unspecified atom stereocenters. The molecule has 0 fully saturated rings. The first-order valence-electron chi connectivity index (χ1n) is 9.25. The van der Waals surface area contributed by atoms with Crippen molar-refractivity contribution in [2.24, 2.45) is 0 Å². The zero-order valence-corrected chi connectivity index (χ0v) is 15.4. The van der Waals surface area contributed by atoms with Crippen LogP contribution in [0.1, 0.15) is 26.3 Å². The lowest BCUT2D eigenvalue weighted by molar-refractivity contribution is 0.0989. The van der Waals surface area contributed by atoms with Crippen LogP contribution in [0.3, 0.4) is 0 Å². The van der Waals surface area contributed by atoms with Crippen LogP contribution in [0.4, 0.5) is 11.4 Å². The van der Waals surface area contributed by atoms with E-state index in [1.165, 1.54) is 12.4 Å². The molecule has 2 aromatic carbocycles. The van der Waals surface area contributed by atoms with Gasteiger partial charge in [-0.1, -0.05) is 18.2 Å². The molecule has 29 heavy (non-hydrogen) atoms. The number of hydrogen-bond acceptors (Lipinski definition) is 5. The maximum Gasteiger partial charge on any atom is 0.259 e. The van der Waals surface area contributed by atoms with Gasteiger partial charge in [0.1, 0.15) is 0 Å². The number of carbonyl (C=O) groups is 2. The van der Waals surface area contributed by atoms with E-state index >= 15 is 0 Å². The summed E-state index contributed by atoms with van der Waals surface area (Å²) in [7, 11) is 0. The van der Waals surface area contributed by atoms with Crippen molar-refractivity contribution >= 4 is 23.2 Å². The van der Waals surface area contributed by atoms with E-state index in [0.717, 1.165) is 17.7 Å². The van der Waals surface area contributed by atoms with Gasteiger partial charge in [-0.15, -0.1) is 0 Å². The number of para-hydroxylation sites is 1. The van der Waals surface area contributed by atoms with Crippen molar-refractivity contribution < 1.29 is 19.1 Å². The Bertz CT molecular complexity index is 1130. The molecular weight excluding hydrogens is 370 g/mol. The number of hydrogen-bond donors (Lipinski definition) is 1. The molecule has 144 valence electrons. The van der Waals surface area contributed by atoms with Crippen molar-refractivity contribution in [2.75, 3.05) is 23.6 Å². The second kappa shape index (κ2) is 6.94. The standard InChI is InChI=1S/C22H17N3O4/c26-21(24-17-5-6-19-20(10-17)29-13-28-19)15-9-16(12-23-11-15)22(27)25-8-7-14-3-1-2-4-18(14)25/h1-6,9-12H,7-8,13H2,(H,24,26). The molecule has 0 atom stereocenters. The lowest BCUT2D eigenvalue weighted by Gasteiger charge is -2.17. The monoisotopic (exact) mass is 387 g/mol. The van der Waals surface area contributed by atoms with E-state index < -0.39 is 0 Å². The highest BCUT2D eigenvalue weighted by Gasteiger charge is 2.26. The molecule has 1 aromatic heterocycles. The fraction of sp³-hybridized carbons (Fsp3) is 0.136. The minimum absolute atomic E-state index is 0.167. The molecule has 2 aliphatic heterocycles. The number of aromatic nitrogens is 1. The van der Waals surface area contributed by atoms with Crippen LogP contribution in [-0.4, -0.2) is 30.1 Å². The summed E-state index contributed by atoms with van der Waals surface area (Å²) in [5, 5.41) is 2.80. The summed E-state index contributed by atoms with van der Waals surface area (Å²) < 4.78 is 10.6. The van der Waals surface area contributed by atoms with Crippen LogP contribution in [-0.2, 0) is 6.42 Å². The Hall–Kier alpha value is -3.87. The average molecular weight is 387 g/mol. The van der Waals surface area contributed by atoms with E-state index in [2.05, 4.69) is 10.3 Å². The minimum atomic E-state index is -0.354. The lowest BCUT2D eigenvalue weighted by Crippen LogP contribution is -2.29. The normalized spacial score (nSPS) is 13.9. The summed E-state index contributed by atoms with van der Waals surface area (Å²) in [6, 6.07) is 14.6. The van der Waals surface area contributed by atoms with Crippen molar-refractivity contribution in [1.82, 2.24) is 4.98 Å². The molecule has 1 N–H and O–H groups in total. The van der Waals surface area contributed by atoms with Crippen LogP contribution < -0.4 is 19.7 Å². The number of carbonyl (C=O) groups excluding carboxylic acids is 2. The number of pyridine rings is 1. The third-order valence-corrected chi connectivity index (χ3v) is 5.01. The smallest absolute Gasteiger partial charge is 0.259 e. The highest BCUT2D eigenvalue weighted by atomic mass is 16.7. The van der Waals surface area contributed by atoms with E-state index in [-0.39, 0.29) is 18.6 Å². The fourth-order valence-electron chi connectivity index (χ4n) is 3.56. The Morgan fingerprint density at radius 1 is 0.966 bits per heavy atom. The van der Waals surface area contributed by atoms with Gasteiger partial charge in [0.2, 0.25) is 6.79 Å². The number of ether oxygens (including phenoxy) is 2. The second-order valence-corrected chi connectivity index (χ2v) is 6.82. The van der Waals surface area contributed by atoms with E-state index in [0.29, 0.717) is 34.9 Å². The van der Waals surface area contributed by atoms with E-state index in [1.807, 2.05) is 24.3 Å². The number of anilines is 2. The summed E-state index contributed by atoms with van der Waals surface area (Å²) in [5.74, 6) is 0.703. The number of fused-ring (bicyclic) bond motifs is 2. The van der Waals surface area contributed by atoms with Crippen LogP contribution in [0.5, 0.6) is 11.5 Å². The molecule has 5 rings (SSSR count). The van der Waals surface area contributed by atoms with E-state index in [9.17, 15) is 9.59 Å². The summed E-state index contributed by atoms with van der Waals surface area (Å²) in [6.45, 7) is 0.784. The molecule has 0 aliphatic carbocycles. The van der Waals surface area contributed by atoms with Crippen molar-refractivity contribution in [3.8, 4) is 11.5 Å². The van der Waals surface area contributed by atoms with Crippen LogP contribution in [0.25, 0.3) is 0 Å². The number of nitrogens with one attached hydrogen (secondary N) is 1. The molecule has 2 amide bonds. The number of rotatable bonds is 3. The molecule has 0 radical (unpaired) electrons. The first-order valence-corrected chi connectivity index (χ1v) is 9.25. The molecule has 7 nitrogen and oxygen atoms in total. The third-order valence-electron chi connectivity index (χ3n) is 5.01. The maximum atomic E-state index is 13.0. The molecule has 0 saturated carbocycles. The lowest BCUT2D eigenvalue weighted by atomic mass is 10.1. The molecule has 0 bridgehead atoms. The number of benzene rings is 2. The zero-order chi connectivity index (χ0) is 19.8. The van der Waals surface area contributed by atoms with Gasteiger partial charge in [-0.05, 0) is 36.2 Å². The van der Waals surface area contributed by atoms with Gasteiger partial charge in [0.15, 0.2) is 11.5 Å². The van der Waals surface area contributed by atoms with Crippen molar-refractivity contribution in [3.63, 3.8) is 0 Å². The Kier molecular flexibility index (Phi) is 4.13. The van der Waals surface area contributed by atoms with Crippen LogP contribution in [0, 0.1) is 0 Å². The average Bonchev–Trinajstić information content (AvgIpc) is 3.40. The van der Waals surface area contributed by atoms with Crippen molar-refractivity contribution in [3.05, 3.63) is 77.6 Å². The van der Waals surface area contributed by atoms with E-state index in [1.54, 1.807) is 29.2 Å². The molecule has 2 aliphatic rings. The van der Waals surface area contributed by atoms with Gasteiger partial charge < -0.3 is 19.7 Å². The fourth-order valence-corrected chi connectivity index (χ4v) is 3.56. The van der Waals surface area contributed by atoms with Gasteiger partial charge in [-0.3, -0.25) is 14.6 Å². The SMILES string of the molecule is O=C(Nc1ccc2c(c1)OCO2)c1cncc(C(=O)N2CCc3ccccc32)c1. The molecule has 7 heteroatoms. The van der Waals surface area contributed by atoms with Crippen molar-refractivity contribution in [1.29, 1.82) is 0 Å². The number of nitrogens with zero attached hydrogens (tertiary/aromatic N) is 2. The first kappa shape index (κ1) is 17.2. The predicted octanol–water partition coefficient (Wildman–Crippen LogP) is 3.27. The molecule has 3 heterocycles. The Morgan fingerprint density at radius 3 is 2.72 bits per heavy atom. The van der Waals surface area contributed by atoms with Gasteiger partial charge in [0.25, 0.3) is 11.8 Å². The second-order valence-electron chi connectivity index (χ2n) is 6.82. The van der Waals surface area contributed by atoms with Gasteiger partial charge >= 0.3 is 0 Å². The van der Waals surface area contributed by atoms with Gasteiger partial charge in [0, 0.05) is 36.4 Å². The van der Waals surface area contributed by atoms with Crippen LogP contribution in [0.15, 0.2) is 60.9 Å². The maximum absolute atomic E-state index is 13.0.